The van der Waals surface area contributed by atoms with Crippen molar-refractivity contribution >= 4 is 10.0 Å². The third-order valence-electron chi connectivity index (χ3n) is 3.91. The summed E-state index contributed by atoms with van der Waals surface area (Å²) >= 11 is 0. The van der Waals surface area contributed by atoms with Gasteiger partial charge in [-0.15, -0.1) is 0 Å². The molecular formula is C17H15F3N4O2S. The van der Waals surface area contributed by atoms with Crippen LogP contribution in [-0.2, 0) is 16.6 Å². The summed E-state index contributed by atoms with van der Waals surface area (Å²) in [6.07, 6.45) is 2.97. The first-order valence-corrected chi connectivity index (χ1v) is 9.24. The Hall–Kier alpha value is -2.72. The SMILES string of the molecule is CNCc1cn(S(=O)(=O)c2cc(C)c(F)cn2)c(-c2cccnc2F)c1F. The smallest absolute Gasteiger partial charge is 0.285 e. The van der Waals surface area contributed by atoms with E-state index in [1.807, 2.05) is 0 Å². The lowest BCUT2D eigenvalue weighted by Gasteiger charge is -2.11. The molecule has 3 aromatic heterocycles. The summed E-state index contributed by atoms with van der Waals surface area (Å²) in [5, 5.41) is 2.23. The Morgan fingerprint density at radius 1 is 1.22 bits per heavy atom. The van der Waals surface area contributed by atoms with Crippen LogP contribution in [0.4, 0.5) is 13.2 Å². The van der Waals surface area contributed by atoms with E-state index in [0.29, 0.717) is 3.97 Å². The molecule has 0 saturated carbocycles. The van der Waals surface area contributed by atoms with Crippen molar-refractivity contribution < 1.29 is 21.6 Å². The van der Waals surface area contributed by atoms with Crippen molar-refractivity contribution in [1.82, 2.24) is 19.3 Å². The quantitative estimate of drug-likeness (QED) is 0.671. The number of hydrogen-bond donors (Lipinski definition) is 1. The molecule has 0 saturated heterocycles. The van der Waals surface area contributed by atoms with Gasteiger partial charge in [-0.3, -0.25) is 0 Å². The Labute approximate surface area is 153 Å². The molecule has 1 N–H and O–H groups in total. The zero-order valence-electron chi connectivity index (χ0n) is 14.4. The lowest BCUT2D eigenvalue weighted by Crippen LogP contribution is -2.16. The lowest BCUT2D eigenvalue weighted by molar-refractivity contribution is 0.571. The Bertz CT molecular complexity index is 1110. The van der Waals surface area contributed by atoms with Crippen molar-refractivity contribution in [3.8, 4) is 11.3 Å². The van der Waals surface area contributed by atoms with Crippen molar-refractivity contribution in [3.05, 3.63) is 65.5 Å². The summed E-state index contributed by atoms with van der Waals surface area (Å²) in [6, 6.07) is 3.61. The van der Waals surface area contributed by atoms with E-state index < -0.39 is 38.3 Å². The van der Waals surface area contributed by atoms with Crippen LogP contribution in [0.1, 0.15) is 11.1 Å². The van der Waals surface area contributed by atoms with Crippen molar-refractivity contribution in [2.24, 2.45) is 0 Å². The number of hydrogen-bond acceptors (Lipinski definition) is 5. The molecule has 0 amide bonds. The molecule has 0 radical (unpaired) electrons. The number of rotatable bonds is 5. The highest BCUT2D eigenvalue weighted by atomic mass is 32.2. The fourth-order valence-electron chi connectivity index (χ4n) is 2.57. The largest absolute Gasteiger partial charge is 0.316 e. The highest BCUT2D eigenvalue weighted by Crippen LogP contribution is 2.31. The van der Waals surface area contributed by atoms with E-state index in [2.05, 4.69) is 15.3 Å². The molecule has 27 heavy (non-hydrogen) atoms. The summed E-state index contributed by atoms with van der Waals surface area (Å²) < 4.78 is 69.2. The van der Waals surface area contributed by atoms with Gasteiger partial charge in [0.05, 0.1) is 11.8 Å². The molecule has 0 bridgehead atoms. The van der Waals surface area contributed by atoms with Gasteiger partial charge < -0.3 is 5.32 Å². The van der Waals surface area contributed by atoms with Gasteiger partial charge in [-0.25, -0.2) is 22.7 Å². The second-order valence-electron chi connectivity index (χ2n) is 5.76. The van der Waals surface area contributed by atoms with Gasteiger partial charge in [0.1, 0.15) is 11.5 Å². The van der Waals surface area contributed by atoms with Gasteiger partial charge >= 0.3 is 0 Å². The molecule has 142 valence electrons. The summed E-state index contributed by atoms with van der Waals surface area (Å²) in [7, 11) is -2.86. The zero-order valence-corrected chi connectivity index (χ0v) is 15.2. The van der Waals surface area contributed by atoms with Gasteiger partial charge in [0.25, 0.3) is 10.0 Å². The number of aromatic nitrogens is 3. The zero-order chi connectivity index (χ0) is 19.8. The first kappa shape index (κ1) is 19.1. The highest BCUT2D eigenvalue weighted by Gasteiger charge is 2.29. The number of nitrogens with one attached hydrogen (secondary N) is 1. The van der Waals surface area contributed by atoms with Crippen LogP contribution in [0, 0.1) is 24.5 Å². The van der Waals surface area contributed by atoms with Crippen molar-refractivity contribution in [3.63, 3.8) is 0 Å². The predicted octanol–water partition coefficient (Wildman–Crippen LogP) is 2.63. The molecule has 3 aromatic rings. The van der Waals surface area contributed by atoms with Gasteiger partial charge in [0, 0.05) is 24.5 Å². The van der Waals surface area contributed by atoms with Crippen LogP contribution in [-0.4, -0.2) is 29.4 Å². The van der Waals surface area contributed by atoms with Gasteiger partial charge in [0.15, 0.2) is 10.8 Å². The Balaban J connectivity index is 2.30. The molecule has 0 unspecified atom stereocenters. The second kappa shape index (κ2) is 7.12. The molecule has 0 aliphatic rings. The third kappa shape index (κ3) is 3.33. The molecule has 10 heteroatoms. The average Bonchev–Trinajstić information content (AvgIpc) is 2.95. The minimum Gasteiger partial charge on any atom is -0.316 e. The third-order valence-corrected chi connectivity index (χ3v) is 5.47. The van der Waals surface area contributed by atoms with E-state index in [9.17, 15) is 21.6 Å². The maximum Gasteiger partial charge on any atom is 0.285 e. The first-order valence-electron chi connectivity index (χ1n) is 7.80. The highest BCUT2D eigenvalue weighted by molar-refractivity contribution is 7.90. The fraction of sp³-hybridized carbons (Fsp3) is 0.176. The second-order valence-corrected chi connectivity index (χ2v) is 7.52. The van der Waals surface area contributed by atoms with Gasteiger partial charge in [0.2, 0.25) is 5.95 Å². The number of halogens is 3. The molecule has 0 spiro atoms. The minimum atomic E-state index is -4.42. The topological polar surface area (TPSA) is 76.9 Å². The first-order chi connectivity index (χ1) is 12.8. The van der Waals surface area contributed by atoms with E-state index in [1.54, 1.807) is 7.05 Å². The van der Waals surface area contributed by atoms with Crippen LogP contribution in [0.15, 0.2) is 41.8 Å². The van der Waals surface area contributed by atoms with E-state index in [0.717, 1.165) is 24.7 Å². The molecule has 3 rings (SSSR count). The van der Waals surface area contributed by atoms with Crippen molar-refractivity contribution in [2.75, 3.05) is 7.05 Å². The molecular weight excluding hydrogens is 381 g/mol. The normalized spacial score (nSPS) is 11.7. The predicted molar refractivity (Wildman–Crippen MR) is 91.9 cm³/mol. The number of pyridine rings is 2. The van der Waals surface area contributed by atoms with Gasteiger partial charge in [-0.2, -0.15) is 12.8 Å². The van der Waals surface area contributed by atoms with Crippen molar-refractivity contribution in [2.45, 2.75) is 18.5 Å². The molecule has 0 fully saturated rings. The Kier molecular flexibility index (Phi) is 5.03. The maximum absolute atomic E-state index is 14.9. The molecule has 0 aliphatic heterocycles. The van der Waals surface area contributed by atoms with E-state index in [-0.39, 0.29) is 23.2 Å². The van der Waals surface area contributed by atoms with Crippen LogP contribution in [0.5, 0.6) is 0 Å². The van der Waals surface area contributed by atoms with Gasteiger partial charge in [-0.05, 0) is 37.7 Å². The molecule has 0 atom stereocenters. The average molecular weight is 396 g/mol. The summed E-state index contributed by atoms with van der Waals surface area (Å²) in [5.74, 6) is -2.61. The monoisotopic (exact) mass is 396 g/mol. The minimum absolute atomic E-state index is 0.0122. The van der Waals surface area contributed by atoms with E-state index in [1.165, 1.54) is 19.1 Å². The fourth-order valence-corrected chi connectivity index (χ4v) is 3.97. The number of aryl methyl sites for hydroxylation is 1. The standard InChI is InChI=1S/C17H15F3N4O2S/c1-10-6-14(23-8-13(10)18)27(25,26)24-9-11(7-21-2)15(19)16(24)12-4-3-5-22-17(12)20/h3-6,8-9,21H,7H2,1-2H3. The lowest BCUT2D eigenvalue weighted by atomic mass is 10.2. The van der Waals surface area contributed by atoms with Gasteiger partial charge in [-0.1, -0.05) is 0 Å². The summed E-state index contributed by atoms with van der Waals surface area (Å²) in [5.41, 5.74) is -0.756. The van der Waals surface area contributed by atoms with Crippen LogP contribution in [0.2, 0.25) is 0 Å². The van der Waals surface area contributed by atoms with Crippen LogP contribution < -0.4 is 5.32 Å². The Morgan fingerprint density at radius 2 is 1.96 bits per heavy atom. The van der Waals surface area contributed by atoms with Crippen LogP contribution >= 0.6 is 0 Å². The van der Waals surface area contributed by atoms with E-state index >= 15 is 0 Å². The Morgan fingerprint density at radius 3 is 2.59 bits per heavy atom. The van der Waals surface area contributed by atoms with Crippen LogP contribution in [0.25, 0.3) is 11.3 Å². The molecule has 3 heterocycles. The van der Waals surface area contributed by atoms with Crippen LogP contribution in [0.3, 0.4) is 0 Å². The molecule has 0 aromatic carbocycles. The number of nitrogens with zero attached hydrogens (tertiary/aromatic N) is 3. The molecule has 6 nitrogen and oxygen atoms in total. The molecule has 0 aliphatic carbocycles. The summed E-state index contributed by atoms with van der Waals surface area (Å²) in [4.78, 5) is 7.05. The van der Waals surface area contributed by atoms with Crippen molar-refractivity contribution in [1.29, 1.82) is 0 Å². The van der Waals surface area contributed by atoms with E-state index in [4.69, 9.17) is 0 Å². The maximum atomic E-state index is 14.9. The summed E-state index contributed by atoms with van der Waals surface area (Å²) in [6.45, 7) is 1.39.